The number of carboxylic acids is 1. The van der Waals surface area contributed by atoms with Crippen LogP contribution in [0.5, 0.6) is 0 Å². The molecule has 7 nitrogen and oxygen atoms in total. The maximum atomic E-state index is 10.7. The molecule has 7 heteroatoms. The molecular weight excluding hydrogens is 202 g/mol. The van der Waals surface area contributed by atoms with E-state index in [0.717, 1.165) is 0 Å². The highest BCUT2D eigenvalue weighted by Crippen LogP contribution is 2.16. The van der Waals surface area contributed by atoms with Crippen molar-refractivity contribution in [2.75, 3.05) is 14.1 Å². The fourth-order valence-corrected chi connectivity index (χ4v) is 1.04. The average Bonchev–Trinajstić information content (AvgIpc) is 2.19. The van der Waals surface area contributed by atoms with E-state index >= 15 is 0 Å². The minimum absolute atomic E-state index is 0.250. The molecule has 0 saturated heterocycles. The summed E-state index contributed by atoms with van der Waals surface area (Å²) in [6, 6.07) is 0. The molecule has 0 bridgehead atoms. The Morgan fingerprint density at radius 3 is 2.40 bits per heavy atom. The first-order valence-electron chi connectivity index (χ1n) is 4.08. The van der Waals surface area contributed by atoms with E-state index in [4.69, 9.17) is 15.0 Å². The Kier molecular flexibility index (Phi) is 5.88. The summed E-state index contributed by atoms with van der Waals surface area (Å²) in [7, 11) is 3.55. The molecule has 1 aliphatic heterocycles. The molecule has 0 aromatic rings. The van der Waals surface area contributed by atoms with Crippen LogP contribution in [-0.2, 0) is 9.59 Å². The minimum atomic E-state index is -0.872. The number of carbonyl (C=O) groups is 2. The summed E-state index contributed by atoms with van der Waals surface area (Å²) in [6.07, 6.45) is 2.58. The Hall–Kier alpha value is -1.76. The van der Waals surface area contributed by atoms with Crippen molar-refractivity contribution in [3.8, 4) is 0 Å². The third-order valence-electron chi connectivity index (χ3n) is 1.68. The van der Waals surface area contributed by atoms with Gasteiger partial charge in [0.05, 0.1) is 0 Å². The van der Waals surface area contributed by atoms with E-state index in [9.17, 15) is 4.79 Å². The molecule has 0 aromatic heterocycles. The van der Waals surface area contributed by atoms with E-state index in [1.165, 1.54) is 6.20 Å². The number of hydrogen-bond acceptors (Lipinski definition) is 5. The highest BCUT2D eigenvalue weighted by Gasteiger charge is 2.28. The predicted molar refractivity (Wildman–Crippen MR) is 51.3 cm³/mol. The molecule has 0 radical (unpaired) electrons. The van der Waals surface area contributed by atoms with E-state index in [1.54, 1.807) is 25.1 Å². The van der Waals surface area contributed by atoms with Crippen LogP contribution in [0.25, 0.3) is 0 Å². The van der Waals surface area contributed by atoms with Crippen molar-refractivity contribution in [1.82, 2.24) is 4.90 Å². The van der Waals surface area contributed by atoms with Gasteiger partial charge in [0.25, 0.3) is 6.47 Å². The minimum Gasteiger partial charge on any atom is -0.483 e. The summed E-state index contributed by atoms with van der Waals surface area (Å²) in [4.78, 5) is 20.8. The number of rotatable bonds is 2. The van der Waals surface area contributed by atoms with Gasteiger partial charge < -0.3 is 10.2 Å². The van der Waals surface area contributed by atoms with Gasteiger partial charge in [-0.15, -0.1) is 0 Å². The van der Waals surface area contributed by atoms with E-state index in [0.29, 0.717) is 0 Å². The molecule has 0 saturated carbocycles. The molecule has 0 amide bonds. The second kappa shape index (κ2) is 6.66. The van der Waals surface area contributed by atoms with Crippen LogP contribution in [0.15, 0.2) is 22.5 Å². The zero-order valence-electron chi connectivity index (χ0n) is 8.44. The van der Waals surface area contributed by atoms with Crippen LogP contribution in [0.4, 0.5) is 0 Å². The highest BCUT2D eigenvalue weighted by molar-refractivity contribution is 5.73. The lowest BCUT2D eigenvalue weighted by molar-refractivity contribution is -0.142. The second-order valence-electron chi connectivity index (χ2n) is 2.92. The van der Waals surface area contributed by atoms with E-state index in [-0.39, 0.29) is 12.6 Å². The summed E-state index contributed by atoms with van der Waals surface area (Å²) in [5.74, 6) is -1.46. The van der Waals surface area contributed by atoms with Crippen LogP contribution in [0, 0.1) is 5.92 Å². The predicted octanol–water partition coefficient (Wildman–Crippen LogP) is 0.255. The number of nitrogens with zero attached hydrogens (tertiary/aromatic N) is 3. The zero-order valence-corrected chi connectivity index (χ0v) is 8.44. The SMILES string of the molecule is CN(C)C1N=NC=CC1C(=O)O.O=CO. The van der Waals surface area contributed by atoms with Gasteiger partial charge in [0.2, 0.25) is 0 Å². The van der Waals surface area contributed by atoms with Gasteiger partial charge in [-0.1, -0.05) is 0 Å². The second-order valence-corrected chi connectivity index (χ2v) is 2.92. The first kappa shape index (κ1) is 13.2. The highest BCUT2D eigenvalue weighted by atomic mass is 16.4. The maximum Gasteiger partial charge on any atom is 0.314 e. The Morgan fingerprint density at radius 1 is 1.53 bits per heavy atom. The molecule has 1 aliphatic rings. The standard InChI is InChI=1S/C7H11N3O2.CH2O2/c1-10(2)6-5(7(11)12)3-4-8-9-6;2-1-3/h3-6H,1-2H3,(H,11,12);1H,(H,2,3). The van der Waals surface area contributed by atoms with Crippen molar-refractivity contribution in [3.63, 3.8) is 0 Å². The number of aliphatic carboxylic acids is 1. The van der Waals surface area contributed by atoms with E-state index in [2.05, 4.69) is 10.2 Å². The molecule has 0 spiro atoms. The Bertz CT molecular complexity index is 275. The lowest BCUT2D eigenvalue weighted by Crippen LogP contribution is -2.37. The van der Waals surface area contributed by atoms with Crippen LogP contribution in [0.3, 0.4) is 0 Å². The molecule has 0 aliphatic carbocycles. The van der Waals surface area contributed by atoms with Gasteiger partial charge >= 0.3 is 5.97 Å². The summed E-state index contributed by atoms with van der Waals surface area (Å²) in [5, 5.41) is 23.1. The zero-order chi connectivity index (χ0) is 11.8. The van der Waals surface area contributed by atoms with Gasteiger partial charge in [0, 0.05) is 6.20 Å². The van der Waals surface area contributed by atoms with Crippen molar-refractivity contribution >= 4 is 12.4 Å². The number of azo groups is 1. The molecule has 2 atom stereocenters. The molecule has 1 rings (SSSR count). The molecule has 1 heterocycles. The van der Waals surface area contributed by atoms with E-state index < -0.39 is 11.9 Å². The third kappa shape index (κ3) is 4.32. The molecule has 0 fully saturated rings. The van der Waals surface area contributed by atoms with Crippen molar-refractivity contribution < 1.29 is 19.8 Å². The molecular formula is C8H13N3O4. The summed E-state index contributed by atoms with van der Waals surface area (Å²) in [6.45, 7) is -0.250. The fraction of sp³-hybridized carbons (Fsp3) is 0.500. The first-order chi connectivity index (χ1) is 7.04. The maximum absolute atomic E-state index is 10.7. The van der Waals surface area contributed by atoms with Crippen molar-refractivity contribution in [1.29, 1.82) is 0 Å². The van der Waals surface area contributed by atoms with Gasteiger partial charge in [-0.25, -0.2) is 0 Å². The molecule has 84 valence electrons. The third-order valence-corrected chi connectivity index (χ3v) is 1.68. The van der Waals surface area contributed by atoms with Crippen molar-refractivity contribution in [3.05, 3.63) is 12.3 Å². The van der Waals surface area contributed by atoms with Crippen LogP contribution in [0.2, 0.25) is 0 Å². The topological polar surface area (TPSA) is 103 Å². The smallest absolute Gasteiger partial charge is 0.314 e. The van der Waals surface area contributed by atoms with Gasteiger partial charge in [0.15, 0.2) is 0 Å². The fourth-order valence-electron chi connectivity index (χ4n) is 1.04. The van der Waals surface area contributed by atoms with Gasteiger partial charge in [-0.3, -0.25) is 14.5 Å². The van der Waals surface area contributed by atoms with Crippen molar-refractivity contribution in [2.24, 2.45) is 16.1 Å². The molecule has 0 aromatic carbocycles. The summed E-state index contributed by atoms with van der Waals surface area (Å²) >= 11 is 0. The van der Waals surface area contributed by atoms with Gasteiger partial charge in [0.1, 0.15) is 12.1 Å². The lowest BCUT2D eigenvalue weighted by atomic mass is 10.1. The van der Waals surface area contributed by atoms with Crippen LogP contribution in [0.1, 0.15) is 0 Å². The van der Waals surface area contributed by atoms with Crippen LogP contribution >= 0.6 is 0 Å². The largest absolute Gasteiger partial charge is 0.483 e. The quantitative estimate of drug-likeness (QED) is 0.643. The van der Waals surface area contributed by atoms with Gasteiger partial charge in [-0.2, -0.15) is 10.2 Å². The number of hydrogen-bond donors (Lipinski definition) is 2. The Labute approximate surface area is 86.7 Å². The molecule has 2 unspecified atom stereocenters. The summed E-state index contributed by atoms with van der Waals surface area (Å²) in [5.41, 5.74) is 0. The first-order valence-corrected chi connectivity index (χ1v) is 4.08. The van der Waals surface area contributed by atoms with E-state index in [1.807, 2.05) is 0 Å². The van der Waals surface area contributed by atoms with Crippen molar-refractivity contribution in [2.45, 2.75) is 6.17 Å². The summed E-state index contributed by atoms with van der Waals surface area (Å²) < 4.78 is 0. The molecule has 15 heavy (non-hydrogen) atoms. The number of carboxylic acid groups (broad SMARTS) is 2. The Balaban J connectivity index is 0.000000583. The monoisotopic (exact) mass is 215 g/mol. The van der Waals surface area contributed by atoms with Crippen LogP contribution < -0.4 is 0 Å². The van der Waals surface area contributed by atoms with Gasteiger partial charge in [-0.05, 0) is 20.2 Å². The van der Waals surface area contributed by atoms with Crippen LogP contribution in [-0.4, -0.2) is 47.8 Å². The average molecular weight is 215 g/mol. The lowest BCUT2D eigenvalue weighted by Gasteiger charge is -2.24. The molecule has 2 N–H and O–H groups in total. The Morgan fingerprint density at radius 2 is 2.07 bits per heavy atom. The normalized spacial score (nSPS) is 23.1.